The summed E-state index contributed by atoms with van der Waals surface area (Å²) >= 11 is 7.68. The molecule has 2 aromatic rings. The maximum absolute atomic E-state index is 14.3. The molecule has 1 aromatic carbocycles. The minimum atomic E-state index is -1.32. The van der Waals surface area contributed by atoms with E-state index in [1.54, 1.807) is 12.4 Å². The van der Waals surface area contributed by atoms with Gasteiger partial charge in [0.2, 0.25) is 0 Å². The predicted octanol–water partition coefficient (Wildman–Crippen LogP) is 3.66. The monoisotopic (exact) mass is 493 g/mol. The van der Waals surface area contributed by atoms with Gasteiger partial charge in [-0.1, -0.05) is 17.7 Å². The highest BCUT2D eigenvalue weighted by atomic mass is 35.5. The van der Waals surface area contributed by atoms with Gasteiger partial charge >= 0.3 is 6.09 Å². The zero-order valence-corrected chi connectivity index (χ0v) is 19.8. The topological polar surface area (TPSA) is 98.7 Å². The zero-order valence-electron chi connectivity index (χ0n) is 18.2. The van der Waals surface area contributed by atoms with Crippen LogP contribution in [0.25, 0.3) is 0 Å². The van der Waals surface area contributed by atoms with Gasteiger partial charge in [-0.2, -0.15) is 0 Å². The predicted molar refractivity (Wildman–Crippen MR) is 125 cm³/mol. The van der Waals surface area contributed by atoms with Crippen LogP contribution in [-0.4, -0.2) is 64.1 Å². The van der Waals surface area contributed by atoms with Crippen molar-refractivity contribution in [3.05, 3.63) is 52.2 Å². The Morgan fingerprint density at radius 1 is 1.36 bits per heavy atom. The molecule has 33 heavy (non-hydrogen) atoms. The van der Waals surface area contributed by atoms with Crippen molar-refractivity contribution in [3.63, 3.8) is 0 Å². The molecule has 8 nitrogen and oxygen atoms in total. The van der Waals surface area contributed by atoms with Gasteiger partial charge in [0.15, 0.2) is 0 Å². The van der Waals surface area contributed by atoms with Crippen molar-refractivity contribution in [2.75, 3.05) is 24.5 Å². The summed E-state index contributed by atoms with van der Waals surface area (Å²) < 4.78 is 14.3. The first-order valence-corrected chi connectivity index (χ1v) is 12.1. The van der Waals surface area contributed by atoms with Crippen LogP contribution in [0.15, 0.2) is 24.5 Å². The van der Waals surface area contributed by atoms with Crippen molar-refractivity contribution in [1.29, 1.82) is 0 Å². The molecule has 1 aromatic heterocycles. The number of piperazine rings is 1. The number of benzene rings is 1. The van der Waals surface area contributed by atoms with Crippen LogP contribution in [0.1, 0.15) is 42.0 Å². The van der Waals surface area contributed by atoms with Crippen molar-refractivity contribution in [2.45, 2.75) is 43.0 Å². The van der Waals surface area contributed by atoms with Crippen molar-refractivity contribution in [3.8, 4) is 0 Å². The summed E-state index contributed by atoms with van der Waals surface area (Å²) in [5.74, 6) is 1.18. The molecule has 3 heterocycles. The highest BCUT2D eigenvalue weighted by molar-refractivity contribution is 7.99. The molecule has 1 unspecified atom stereocenters. The van der Waals surface area contributed by atoms with Gasteiger partial charge in [-0.15, -0.1) is 11.8 Å². The molecule has 1 amide bonds. The number of hydrogen-bond acceptors (Lipinski definition) is 7. The largest absolute Gasteiger partial charge is 0.465 e. The van der Waals surface area contributed by atoms with Gasteiger partial charge in [0.25, 0.3) is 0 Å². The number of nitrogens with one attached hydrogen (secondary N) is 1. The second-order valence-corrected chi connectivity index (χ2v) is 10.0. The molecule has 0 aliphatic carbocycles. The Bertz CT molecular complexity index is 1060. The fourth-order valence-corrected chi connectivity index (χ4v) is 5.86. The lowest BCUT2D eigenvalue weighted by atomic mass is 9.96. The molecule has 1 fully saturated rings. The third kappa shape index (κ3) is 4.78. The van der Waals surface area contributed by atoms with Crippen LogP contribution in [0, 0.1) is 5.82 Å². The Morgan fingerprint density at radius 2 is 2.15 bits per heavy atom. The van der Waals surface area contributed by atoms with Gasteiger partial charge in [0, 0.05) is 42.2 Å². The summed E-state index contributed by atoms with van der Waals surface area (Å²) in [6, 6.07) is 2.59. The first kappa shape index (κ1) is 23.7. The smallest absolute Gasteiger partial charge is 0.405 e. The number of carboxylic acid groups (broad SMARTS) is 1. The van der Waals surface area contributed by atoms with Crippen molar-refractivity contribution in [2.24, 2.45) is 0 Å². The molecule has 0 saturated carbocycles. The van der Waals surface area contributed by atoms with Gasteiger partial charge in [-0.25, -0.2) is 19.2 Å². The van der Waals surface area contributed by atoms with E-state index in [0.717, 1.165) is 22.8 Å². The molecule has 176 valence electrons. The Labute approximate surface area is 200 Å². The first-order valence-electron chi connectivity index (χ1n) is 10.7. The molecule has 2 aliphatic heterocycles. The fraction of sp³-hybridized carbons (Fsp3) is 0.455. The average Bonchev–Trinajstić information content (AvgIpc) is 3.17. The van der Waals surface area contributed by atoms with E-state index in [0.29, 0.717) is 36.7 Å². The quantitative estimate of drug-likeness (QED) is 0.588. The number of aromatic nitrogens is 2. The van der Waals surface area contributed by atoms with Crippen LogP contribution < -0.4 is 10.2 Å². The van der Waals surface area contributed by atoms with Crippen LogP contribution in [-0.2, 0) is 10.5 Å². The van der Waals surface area contributed by atoms with E-state index >= 15 is 0 Å². The molecule has 0 spiro atoms. The summed E-state index contributed by atoms with van der Waals surface area (Å²) in [5.41, 5.74) is 2.71. The number of rotatable bonds is 6. The Kier molecular flexibility index (Phi) is 7.06. The molecular weight excluding hydrogens is 469 g/mol. The minimum absolute atomic E-state index is 0.0207. The molecule has 4 rings (SSSR count). The van der Waals surface area contributed by atoms with E-state index in [9.17, 15) is 19.1 Å². The second-order valence-electron chi connectivity index (χ2n) is 8.28. The highest BCUT2D eigenvalue weighted by Gasteiger charge is 2.37. The normalized spacial score (nSPS) is 22.5. The number of anilines is 1. The average molecular weight is 494 g/mol. The number of carbonyl (C=O) groups is 2. The molecule has 4 atom stereocenters. The summed E-state index contributed by atoms with van der Waals surface area (Å²) in [5, 5.41) is 11.8. The summed E-state index contributed by atoms with van der Waals surface area (Å²) in [6.45, 7) is 5.90. The number of halogens is 2. The van der Waals surface area contributed by atoms with Gasteiger partial charge in [-0.3, -0.25) is 4.90 Å². The number of fused-ring (bicyclic) bond motifs is 1. The van der Waals surface area contributed by atoms with Crippen molar-refractivity contribution < 1.29 is 19.1 Å². The summed E-state index contributed by atoms with van der Waals surface area (Å²) in [6.07, 6.45) is 0.837. The molecular formula is C22H25ClFN5O3S. The van der Waals surface area contributed by atoms with Gasteiger partial charge in [-0.05, 0) is 31.5 Å². The molecule has 11 heteroatoms. The SMILES string of the molecule is C[C@@H]1SCc2ncnc(N3CCN([C@@H](c4ccc(Cl)c(F)c4)C(C=O)NC(=O)O)C[C@@H]3C)c21. The minimum Gasteiger partial charge on any atom is -0.465 e. The molecule has 2 aliphatic rings. The summed E-state index contributed by atoms with van der Waals surface area (Å²) in [4.78, 5) is 36.5. The first-order chi connectivity index (χ1) is 15.8. The number of hydrogen-bond donors (Lipinski definition) is 2. The number of nitrogens with zero attached hydrogens (tertiary/aromatic N) is 4. The lowest BCUT2D eigenvalue weighted by molar-refractivity contribution is -0.111. The van der Waals surface area contributed by atoms with Crippen LogP contribution in [0.3, 0.4) is 0 Å². The van der Waals surface area contributed by atoms with E-state index in [1.165, 1.54) is 12.1 Å². The summed E-state index contributed by atoms with van der Waals surface area (Å²) in [7, 11) is 0. The molecule has 1 saturated heterocycles. The molecule has 0 radical (unpaired) electrons. The third-order valence-corrected chi connectivity index (χ3v) is 7.69. The molecule has 0 bridgehead atoms. The van der Waals surface area contributed by atoms with E-state index in [1.807, 2.05) is 16.7 Å². The van der Waals surface area contributed by atoms with Crippen LogP contribution >= 0.6 is 23.4 Å². The Morgan fingerprint density at radius 3 is 2.82 bits per heavy atom. The van der Waals surface area contributed by atoms with Crippen LogP contribution in [0.2, 0.25) is 5.02 Å². The fourth-order valence-electron chi connectivity index (χ4n) is 4.69. The van der Waals surface area contributed by atoms with E-state index in [2.05, 4.69) is 34.0 Å². The highest BCUT2D eigenvalue weighted by Crippen LogP contribution is 2.44. The third-order valence-electron chi connectivity index (χ3n) is 6.21. The van der Waals surface area contributed by atoms with Crippen LogP contribution in [0.5, 0.6) is 0 Å². The van der Waals surface area contributed by atoms with E-state index in [-0.39, 0.29) is 11.1 Å². The van der Waals surface area contributed by atoms with E-state index in [4.69, 9.17) is 11.6 Å². The van der Waals surface area contributed by atoms with Gasteiger partial charge in [0.05, 0.1) is 16.8 Å². The van der Waals surface area contributed by atoms with Gasteiger partial charge in [0.1, 0.15) is 30.3 Å². The van der Waals surface area contributed by atoms with E-state index < -0.39 is 24.0 Å². The van der Waals surface area contributed by atoms with Crippen molar-refractivity contribution in [1.82, 2.24) is 20.2 Å². The zero-order chi connectivity index (χ0) is 23.7. The Balaban J connectivity index is 1.63. The lowest BCUT2D eigenvalue weighted by Gasteiger charge is -2.45. The maximum atomic E-state index is 14.3. The number of aldehydes is 1. The Hall–Kier alpha value is -2.43. The number of carbonyl (C=O) groups excluding carboxylic acids is 1. The maximum Gasteiger partial charge on any atom is 0.405 e. The second kappa shape index (κ2) is 9.82. The number of amides is 1. The van der Waals surface area contributed by atoms with Gasteiger partial charge < -0.3 is 20.1 Å². The standard InChI is InChI=1S/C22H25ClFN5O3S/c1-12-8-28(5-6-29(12)21-19-13(2)33-10-18(19)25-11-26-21)20(17(9-30)27-22(31)32)14-3-4-15(23)16(24)7-14/h3-4,7,9,11-13,17,20,27H,5-6,8,10H2,1-2H3,(H,31,32)/t12-,13-,17?,20-/m0/s1. The number of thioether (sulfide) groups is 1. The van der Waals surface area contributed by atoms with Crippen molar-refractivity contribution >= 4 is 41.6 Å². The molecule has 2 N–H and O–H groups in total. The van der Waals surface area contributed by atoms with Crippen LogP contribution in [0.4, 0.5) is 15.0 Å². The lowest BCUT2D eigenvalue weighted by Crippen LogP contribution is -2.57.